The van der Waals surface area contributed by atoms with Gasteiger partial charge >= 0.3 is 0 Å². The molecule has 2 aromatic rings. The minimum atomic E-state index is -0.701. The Bertz CT molecular complexity index is 894. The first kappa shape index (κ1) is 19.5. The van der Waals surface area contributed by atoms with Crippen LogP contribution in [0.1, 0.15) is 47.3 Å². The van der Waals surface area contributed by atoms with Crippen molar-refractivity contribution >= 4 is 17.6 Å². The normalized spacial score (nSPS) is 18.8. The Labute approximate surface area is 169 Å². The molecule has 29 heavy (non-hydrogen) atoms. The molecule has 0 bridgehead atoms. The van der Waals surface area contributed by atoms with E-state index >= 15 is 0 Å². The molecule has 2 aliphatic rings. The zero-order valence-corrected chi connectivity index (χ0v) is 16.2. The zero-order chi connectivity index (χ0) is 20.4. The van der Waals surface area contributed by atoms with E-state index < -0.39 is 5.66 Å². The van der Waals surface area contributed by atoms with Crippen molar-refractivity contribution in [3.8, 4) is 0 Å². The van der Waals surface area contributed by atoms with Crippen molar-refractivity contribution in [2.24, 2.45) is 17.4 Å². The highest BCUT2D eigenvalue weighted by molar-refractivity contribution is 6.01. The van der Waals surface area contributed by atoms with Gasteiger partial charge in [-0.2, -0.15) is 0 Å². The summed E-state index contributed by atoms with van der Waals surface area (Å²) >= 11 is 0. The van der Waals surface area contributed by atoms with E-state index in [9.17, 15) is 9.59 Å². The van der Waals surface area contributed by atoms with Crippen LogP contribution in [0.25, 0.3) is 0 Å². The van der Waals surface area contributed by atoms with Gasteiger partial charge < -0.3 is 22.1 Å². The molecule has 1 aromatic carbocycles. The van der Waals surface area contributed by atoms with Gasteiger partial charge in [-0.3, -0.25) is 9.59 Å². The summed E-state index contributed by atoms with van der Waals surface area (Å²) < 4.78 is 0. The van der Waals surface area contributed by atoms with Crippen LogP contribution in [0.3, 0.4) is 0 Å². The number of benzene rings is 1. The number of nitrogens with two attached hydrogens (primary N) is 2. The largest absolute Gasteiger partial charge is 0.347 e. The number of hydrogen-bond donors (Lipinski definition) is 4. The van der Waals surface area contributed by atoms with Crippen LogP contribution >= 0.6 is 0 Å². The van der Waals surface area contributed by atoms with Crippen LogP contribution in [0.15, 0.2) is 36.7 Å². The average Bonchev–Trinajstić information content (AvgIpc) is 3.10. The van der Waals surface area contributed by atoms with E-state index in [2.05, 4.69) is 32.7 Å². The lowest BCUT2D eigenvalue weighted by atomic mass is 9.82. The van der Waals surface area contributed by atoms with Gasteiger partial charge in [0.05, 0.1) is 5.66 Å². The fraction of sp³-hybridized carbons (Fsp3) is 0.429. The number of anilines is 1. The zero-order valence-electron chi connectivity index (χ0n) is 16.2. The third-order valence-corrected chi connectivity index (χ3v) is 5.83. The SMILES string of the molecule is NC1(N)CCC(C(=O)Nc2nccnc2C(=O)NC2Cc3ccccc3C2)CC1. The highest BCUT2D eigenvalue weighted by atomic mass is 16.2. The Hall–Kier alpha value is -2.84. The Balaban J connectivity index is 1.40. The van der Waals surface area contributed by atoms with E-state index in [4.69, 9.17) is 11.5 Å². The van der Waals surface area contributed by atoms with Gasteiger partial charge in [0.2, 0.25) is 5.91 Å². The van der Waals surface area contributed by atoms with Crippen molar-refractivity contribution in [3.63, 3.8) is 0 Å². The molecule has 1 saturated carbocycles. The monoisotopic (exact) mass is 394 g/mol. The molecule has 0 saturated heterocycles. The number of fused-ring (bicyclic) bond motifs is 1. The van der Waals surface area contributed by atoms with Crippen molar-refractivity contribution in [1.82, 2.24) is 15.3 Å². The van der Waals surface area contributed by atoms with Crippen LogP contribution in [-0.2, 0) is 17.6 Å². The lowest BCUT2D eigenvalue weighted by molar-refractivity contribution is -0.121. The van der Waals surface area contributed by atoms with E-state index in [1.165, 1.54) is 23.5 Å². The lowest BCUT2D eigenvalue weighted by Gasteiger charge is -2.33. The Morgan fingerprint density at radius 1 is 1.00 bits per heavy atom. The van der Waals surface area contributed by atoms with E-state index in [0.717, 1.165) is 12.8 Å². The molecule has 0 spiro atoms. The second-order valence-corrected chi connectivity index (χ2v) is 8.10. The van der Waals surface area contributed by atoms with E-state index in [-0.39, 0.29) is 35.3 Å². The summed E-state index contributed by atoms with van der Waals surface area (Å²) in [5.74, 6) is -0.526. The summed E-state index contributed by atoms with van der Waals surface area (Å²) in [6, 6.07) is 8.17. The van der Waals surface area contributed by atoms with Crippen molar-refractivity contribution < 1.29 is 9.59 Å². The topological polar surface area (TPSA) is 136 Å². The number of carbonyl (C=O) groups excluding carboxylic acids is 2. The first-order valence-corrected chi connectivity index (χ1v) is 9.98. The fourth-order valence-corrected chi connectivity index (χ4v) is 4.15. The predicted octanol–water partition coefficient (Wildman–Crippen LogP) is 1.12. The van der Waals surface area contributed by atoms with Gasteiger partial charge in [0.15, 0.2) is 11.5 Å². The number of aromatic nitrogens is 2. The van der Waals surface area contributed by atoms with Crippen molar-refractivity contribution in [2.75, 3.05) is 5.32 Å². The minimum Gasteiger partial charge on any atom is -0.347 e. The van der Waals surface area contributed by atoms with Gasteiger partial charge in [0, 0.05) is 24.4 Å². The van der Waals surface area contributed by atoms with Gasteiger partial charge in [-0.15, -0.1) is 0 Å². The molecule has 0 unspecified atom stereocenters. The Morgan fingerprint density at radius 3 is 2.28 bits per heavy atom. The molecule has 6 N–H and O–H groups in total. The van der Waals surface area contributed by atoms with Crippen LogP contribution in [0.4, 0.5) is 5.82 Å². The molecule has 2 aliphatic carbocycles. The van der Waals surface area contributed by atoms with Crippen molar-refractivity contribution in [1.29, 1.82) is 0 Å². The molecule has 0 radical (unpaired) electrons. The van der Waals surface area contributed by atoms with Crippen molar-refractivity contribution in [3.05, 3.63) is 53.5 Å². The van der Waals surface area contributed by atoms with Crippen molar-refractivity contribution in [2.45, 2.75) is 50.2 Å². The number of nitrogens with one attached hydrogen (secondary N) is 2. The maximum Gasteiger partial charge on any atom is 0.273 e. The third kappa shape index (κ3) is 4.44. The number of rotatable bonds is 4. The van der Waals surface area contributed by atoms with E-state index in [1.54, 1.807) is 0 Å². The molecule has 1 heterocycles. The molecular weight excluding hydrogens is 368 g/mol. The number of nitrogens with zero attached hydrogens (tertiary/aromatic N) is 2. The molecule has 2 amide bonds. The Kier molecular flexibility index (Phi) is 5.29. The first-order valence-electron chi connectivity index (χ1n) is 9.98. The summed E-state index contributed by atoms with van der Waals surface area (Å²) in [6.45, 7) is 0. The molecule has 152 valence electrons. The standard InChI is InChI=1S/C21H26N6O2/c22-21(23)7-5-13(6-8-21)19(28)27-18-17(24-9-10-25-18)20(29)26-16-11-14-3-1-2-4-15(14)12-16/h1-4,9-10,13,16H,5-8,11-12,22-23H2,(H,26,29)(H,25,27,28). The maximum absolute atomic E-state index is 12.8. The highest BCUT2D eigenvalue weighted by Gasteiger charge is 2.32. The number of carbonyl (C=O) groups is 2. The second kappa shape index (κ2) is 7.88. The maximum atomic E-state index is 12.8. The van der Waals surface area contributed by atoms with E-state index in [0.29, 0.717) is 25.7 Å². The second-order valence-electron chi connectivity index (χ2n) is 8.10. The van der Waals surface area contributed by atoms with Crippen LogP contribution in [0, 0.1) is 5.92 Å². The smallest absolute Gasteiger partial charge is 0.273 e. The number of amides is 2. The fourth-order valence-electron chi connectivity index (χ4n) is 4.15. The minimum absolute atomic E-state index is 0.00559. The van der Waals surface area contributed by atoms with Gasteiger partial charge in [-0.25, -0.2) is 9.97 Å². The van der Waals surface area contributed by atoms with Crippen LogP contribution in [0.5, 0.6) is 0 Å². The average molecular weight is 394 g/mol. The lowest BCUT2D eigenvalue weighted by Crippen LogP contribution is -2.52. The molecule has 4 rings (SSSR count). The van der Waals surface area contributed by atoms with Gasteiger partial charge in [0.1, 0.15) is 0 Å². The van der Waals surface area contributed by atoms with Crippen LogP contribution < -0.4 is 22.1 Å². The first-order chi connectivity index (χ1) is 13.9. The summed E-state index contributed by atoms with van der Waals surface area (Å²) in [5, 5.41) is 5.80. The number of hydrogen-bond acceptors (Lipinski definition) is 6. The molecule has 0 atom stereocenters. The summed E-state index contributed by atoms with van der Waals surface area (Å²) in [5.41, 5.74) is 13.8. The van der Waals surface area contributed by atoms with Gasteiger partial charge in [0.25, 0.3) is 5.91 Å². The summed E-state index contributed by atoms with van der Waals surface area (Å²) in [7, 11) is 0. The Morgan fingerprint density at radius 2 is 1.62 bits per heavy atom. The molecule has 1 aromatic heterocycles. The summed E-state index contributed by atoms with van der Waals surface area (Å²) in [4.78, 5) is 33.8. The molecule has 1 fully saturated rings. The predicted molar refractivity (Wildman–Crippen MR) is 109 cm³/mol. The van der Waals surface area contributed by atoms with Gasteiger partial charge in [-0.05, 0) is 49.7 Å². The molecule has 0 aliphatic heterocycles. The molecule has 8 heteroatoms. The van der Waals surface area contributed by atoms with E-state index in [1.807, 2.05) is 12.1 Å². The van der Waals surface area contributed by atoms with Crippen LogP contribution in [-0.4, -0.2) is 33.5 Å². The molecule has 8 nitrogen and oxygen atoms in total. The van der Waals surface area contributed by atoms with Crippen LogP contribution in [0.2, 0.25) is 0 Å². The third-order valence-electron chi connectivity index (χ3n) is 5.83. The summed E-state index contributed by atoms with van der Waals surface area (Å²) in [6.07, 6.45) is 6.87. The quantitative estimate of drug-likeness (QED) is 0.574. The highest BCUT2D eigenvalue weighted by Crippen LogP contribution is 2.28. The van der Waals surface area contributed by atoms with Gasteiger partial charge in [-0.1, -0.05) is 24.3 Å². The molecular formula is C21H26N6O2.